The molecule has 33 heavy (non-hydrogen) atoms. The van der Waals surface area contributed by atoms with Crippen LogP contribution in [-0.2, 0) is 10.0 Å². The lowest BCUT2D eigenvalue weighted by Gasteiger charge is -2.11. The summed E-state index contributed by atoms with van der Waals surface area (Å²) in [6.45, 7) is 3.78. The molecule has 0 aliphatic carbocycles. The summed E-state index contributed by atoms with van der Waals surface area (Å²) in [4.78, 5) is 24.4. The molecule has 0 unspecified atom stereocenters. The molecule has 0 spiro atoms. The van der Waals surface area contributed by atoms with Crippen LogP contribution in [-0.4, -0.2) is 26.3 Å². The molecule has 3 aromatic carbocycles. The molecule has 0 atom stereocenters. The van der Waals surface area contributed by atoms with E-state index in [0.717, 1.165) is 12.1 Å². The predicted octanol–water partition coefficient (Wildman–Crippen LogP) is 3.49. The van der Waals surface area contributed by atoms with Crippen LogP contribution in [0.25, 0.3) is 0 Å². The van der Waals surface area contributed by atoms with Crippen molar-refractivity contribution in [1.29, 1.82) is 0 Å². The van der Waals surface area contributed by atoms with Gasteiger partial charge < -0.3 is 4.74 Å². The van der Waals surface area contributed by atoms with Gasteiger partial charge in [0.1, 0.15) is 11.6 Å². The van der Waals surface area contributed by atoms with Crippen LogP contribution in [0.5, 0.6) is 5.75 Å². The molecule has 0 saturated carbocycles. The molecular weight excluding hydrogens is 449 g/mol. The van der Waals surface area contributed by atoms with E-state index < -0.39 is 27.7 Å². The Balaban J connectivity index is 1.58. The van der Waals surface area contributed by atoms with Crippen molar-refractivity contribution in [2.75, 3.05) is 4.72 Å². The van der Waals surface area contributed by atoms with Crippen LogP contribution < -0.4 is 20.3 Å². The summed E-state index contributed by atoms with van der Waals surface area (Å²) < 4.78 is 45.7. The van der Waals surface area contributed by atoms with E-state index in [1.165, 1.54) is 36.4 Å². The zero-order valence-corrected chi connectivity index (χ0v) is 18.6. The third kappa shape index (κ3) is 6.53. The molecule has 0 saturated heterocycles. The fraction of sp³-hybridized carbons (Fsp3) is 0.130. The van der Waals surface area contributed by atoms with Gasteiger partial charge in [-0.2, -0.15) is 0 Å². The number of halogens is 1. The van der Waals surface area contributed by atoms with Gasteiger partial charge in [0, 0.05) is 16.8 Å². The summed E-state index contributed by atoms with van der Waals surface area (Å²) in [7, 11) is -3.93. The topological polar surface area (TPSA) is 114 Å². The van der Waals surface area contributed by atoms with Crippen LogP contribution in [0.15, 0.2) is 77.7 Å². The minimum atomic E-state index is -3.93. The molecule has 0 bridgehead atoms. The average molecular weight is 472 g/mol. The molecule has 2 amide bonds. The van der Waals surface area contributed by atoms with E-state index >= 15 is 0 Å². The molecule has 0 fully saturated rings. The van der Waals surface area contributed by atoms with Gasteiger partial charge in [-0.1, -0.05) is 0 Å². The third-order valence-electron chi connectivity index (χ3n) is 4.30. The van der Waals surface area contributed by atoms with Crippen molar-refractivity contribution in [2.45, 2.75) is 24.8 Å². The number of nitrogens with one attached hydrogen (secondary N) is 3. The maximum Gasteiger partial charge on any atom is 0.269 e. The lowest BCUT2D eigenvalue weighted by molar-refractivity contribution is 0.0846. The van der Waals surface area contributed by atoms with E-state index in [1.807, 2.05) is 13.8 Å². The Morgan fingerprint density at radius 2 is 1.27 bits per heavy atom. The fourth-order valence-electron chi connectivity index (χ4n) is 2.73. The minimum Gasteiger partial charge on any atom is -0.491 e. The molecule has 3 N–H and O–H groups in total. The Hall–Kier alpha value is -3.92. The number of hydrogen-bond acceptors (Lipinski definition) is 5. The third-order valence-corrected chi connectivity index (χ3v) is 5.70. The van der Waals surface area contributed by atoms with Crippen LogP contribution in [0.3, 0.4) is 0 Å². The summed E-state index contributed by atoms with van der Waals surface area (Å²) in [5.41, 5.74) is 5.23. The van der Waals surface area contributed by atoms with Crippen molar-refractivity contribution in [3.8, 4) is 5.75 Å². The summed E-state index contributed by atoms with van der Waals surface area (Å²) in [5, 5.41) is 0. The van der Waals surface area contributed by atoms with Gasteiger partial charge in [0.05, 0.1) is 11.0 Å². The van der Waals surface area contributed by atoms with E-state index in [9.17, 15) is 22.4 Å². The monoisotopic (exact) mass is 471 g/mol. The lowest BCUT2D eigenvalue weighted by Crippen LogP contribution is -2.41. The second-order valence-corrected chi connectivity index (χ2v) is 8.92. The van der Waals surface area contributed by atoms with Gasteiger partial charge in [-0.3, -0.25) is 25.2 Å². The zero-order chi connectivity index (χ0) is 24.0. The number of anilines is 1. The van der Waals surface area contributed by atoms with Crippen LogP contribution in [0.1, 0.15) is 34.6 Å². The van der Waals surface area contributed by atoms with Gasteiger partial charge in [-0.15, -0.1) is 0 Å². The Labute approximate surface area is 190 Å². The van der Waals surface area contributed by atoms with Crippen LogP contribution in [0, 0.1) is 5.82 Å². The molecule has 0 heterocycles. The molecule has 0 aliphatic heterocycles. The minimum absolute atomic E-state index is 0.00374. The molecular formula is C23H22FN3O5S. The van der Waals surface area contributed by atoms with Crippen LogP contribution in [0.4, 0.5) is 10.1 Å². The average Bonchev–Trinajstić information content (AvgIpc) is 2.79. The number of sulfonamides is 1. The number of carbonyl (C=O) groups is 2. The zero-order valence-electron chi connectivity index (χ0n) is 17.8. The summed E-state index contributed by atoms with van der Waals surface area (Å²) in [6.07, 6.45) is 0.00374. The van der Waals surface area contributed by atoms with Crippen molar-refractivity contribution < 1.29 is 27.1 Å². The molecule has 0 aliphatic rings. The van der Waals surface area contributed by atoms with Crippen molar-refractivity contribution in [3.63, 3.8) is 0 Å². The van der Waals surface area contributed by atoms with Gasteiger partial charge in [-0.05, 0) is 86.6 Å². The number of carbonyl (C=O) groups excluding carboxylic acids is 2. The van der Waals surface area contributed by atoms with E-state index in [1.54, 1.807) is 24.3 Å². The van der Waals surface area contributed by atoms with Gasteiger partial charge in [0.25, 0.3) is 21.8 Å². The fourth-order valence-corrected chi connectivity index (χ4v) is 3.79. The van der Waals surface area contributed by atoms with Crippen LogP contribution in [0.2, 0.25) is 0 Å². The highest BCUT2D eigenvalue weighted by atomic mass is 32.2. The highest BCUT2D eigenvalue weighted by Crippen LogP contribution is 2.17. The van der Waals surface area contributed by atoms with E-state index in [-0.39, 0.29) is 22.3 Å². The standard InChI is InChI=1S/C23H22FN3O5S/c1-15(2)32-20-11-3-16(4-12-20)22(28)25-26-23(29)17-5-13-21(14-6-17)33(30,31)27-19-9-7-18(24)8-10-19/h3-15,27H,1-2H3,(H,25,28)(H,26,29). The van der Waals surface area contributed by atoms with Crippen molar-refractivity contribution in [3.05, 3.63) is 89.7 Å². The Morgan fingerprint density at radius 3 is 1.76 bits per heavy atom. The van der Waals surface area contributed by atoms with Crippen LogP contribution >= 0.6 is 0 Å². The highest BCUT2D eigenvalue weighted by molar-refractivity contribution is 7.92. The number of benzene rings is 3. The number of hydrazine groups is 1. The number of rotatable bonds is 7. The van der Waals surface area contributed by atoms with Gasteiger partial charge in [-0.25, -0.2) is 12.8 Å². The first kappa shape index (κ1) is 23.7. The Morgan fingerprint density at radius 1 is 0.788 bits per heavy atom. The largest absolute Gasteiger partial charge is 0.491 e. The molecule has 3 rings (SSSR count). The number of hydrogen-bond donors (Lipinski definition) is 3. The molecule has 3 aromatic rings. The Bertz CT molecular complexity index is 1230. The van der Waals surface area contributed by atoms with E-state index in [0.29, 0.717) is 11.3 Å². The SMILES string of the molecule is CC(C)Oc1ccc(C(=O)NNC(=O)c2ccc(S(=O)(=O)Nc3ccc(F)cc3)cc2)cc1. The summed E-state index contributed by atoms with van der Waals surface area (Å²) in [6, 6.07) is 16.4. The second-order valence-electron chi connectivity index (χ2n) is 7.24. The number of ether oxygens (including phenoxy) is 1. The highest BCUT2D eigenvalue weighted by Gasteiger charge is 2.16. The maximum absolute atomic E-state index is 13.0. The molecule has 172 valence electrons. The predicted molar refractivity (Wildman–Crippen MR) is 121 cm³/mol. The second kappa shape index (κ2) is 10.1. The van der Waals surface area contributed by atoms with Crippen molar-refractivity contribution >= 4 is 27.5 Å². The molecule has 10 heteroatoms. The van der Waals surface area contributed by atoms with Gasteiger partial charge >= 0.3 is 0 Å². The smallest absolute Gasteiger partial charge is 0.269 e. The quantitative estimate of drug-likeness (QED) is 0.457. The maximum atomic E-state index is 13.0. The number of amides is 2. The first-order valence-corrected chi connectivity index (χ1v) is 11.4. The first-order valence-electron chi connectivity index (χ1n) is 9.90. The molecule has 0 radical (unpaired) electrons. The van der Waals surface area contributed by atoms with E-state index in [4.69, 9.17) is 4.74 Å². The van der Waals surface area contributed by atoms with Crippen molar-refractivity contribution in [1.82, 2.24) is 10.9 Å². The molecule has 8 nitrogen and oxygen atoms in total. The van der Waals surface area contributed by atoms with E-state index in [2.05, 4.69) is 15.6 Å². The summed E-state index contributed by atoms with van der Waals surface area (Å²) in [5.74, 6) is -1.02. The lowest BCUT2D eigenvalue weighted by atomic mass is 10.2. The normalized spacial score (nSPS) is 11.0. The molecule has 0 aromatic heterocycles. The summed E-state index contributed by atoms with van der Waals surface area (Å²) >= 11 is 0. The van der Waals surface area contributed by atoms with Gasteiger partial charge in [0.2, 0.25) is 0 Å². The van der Waals surface area contributed by atoms with Crippen molar-refractivity contribution in [2.24, 2.45) is 0 Å². The first-order chi connectivity index (χ1) is 15.6. The Kier molecular flexibility index (Phi) is 7.29. The van der Waals surface area contributed by atoms with Gasteiger partial charge in [0.15, 0.2) is 0 Å².